The highest BCUT2D eigenvalue weighted by molar-refractivity contribution is 5.91. The van der Waals surface area contributed by atoms with E-state index in [4.69, 9.17) is 4.74 Å². The van der Waals surface area contributed by atoms with Crippen molar-refractivity contribution in [1.29, 1.82) is 0 Å². The first-order chi connectivity index (χ1) is 6.94. The molecule has 1 saturated heterocycles. The average Bonchev–Trinajstić information content (AvgIpc) is 2.39. The number of carbonyl (C=O) groups is 2. The summed E-state index contributed by atoms with van der Waals surface area (Å²) < 4.78 is 4.84. The minimum Gasteiger partial charge on any atom is -0.467 e. The van der Waals surface area contributed by atoms with Gasteiger partial charge in [-0.1, -0.05) is 13.8 Å². The fraction of sp³-hybridized carbons (Fsp3) is 0.818. The molecule has 1 saturated carbocycles. The molecule has 1 amide bonds. The van der Waals surface area contributed by atoms with E-state index in [2.05, 4.69) is 5.32 Å². The Balaban J connectivity index is 2.43. The third kappa shape index (κ3) is 1.13. The van der Waals surface area contributed by atoms with Crippen LogP contribution >= 0.6 is 0 Å². The van der Waals surface area contributed by atoms with Crippen molar-refractivity contribution in [2.24, 2.45) is 11.3 Å². The maximum absolute atomic E-state index is 11.9. The summed E-state index contributed by atoms with van der Waals surface area (Å²) in [6, 6.07) is 0. The third-order valence-electron chi connectivity index (χ3n) is 4.31. The van der Waals surface area contributed by atoms with Crippen molar-refractivity contribution in [1.82, 2.24) is 5.32 Å². The number of fused-ring (bicyclic) bond motifs is 2. The summed E-state index contributed by atoms with van der Waals surface area (Å²) in [6.45, 7) is 4.09. The Hall–Kier alpha value is -1.06. The number of piperidine rings is 1. The van der Waals surface area contributed by atoms with E-state index in [0.717, 1.165) is 6.42 Å². The molecule has 0 aromatic rings. The Morgan fingerprint density at radius 1 is 1.53 bits per heavy atom. The summed E-state index contributed by atoms with van der Waals surface area (Å²) >= 11 is 0. The summed E-state index contributed by atoms with van der Waals surface area (Å²) in [6.07, 6.45) is 2.15. The first-order valence-electron chi connectivity index (χ1n) is 5.33. The van der Waals surface area contributed by atoms with Gasteiger partial charge < -0.3 is 10.1 Å². The highest BCUT2D eigenvalue weighted by Crippen LogP contribution is 2.54. The number of amides is 1. The van der Waals surface area contributed by atoms with Crippen LogP contribution < -0.4 is 5.32 Å². The average molecular weight is 211 g/mol. The molecule has 2 bridgehead atoms. The highest BCUT2D eigenvalue weighted by atomic mass is 16.5. The van der Waals surface area contributed by atoms with Crippen molar-refractivity contribution in [3.05, 3.63) is 0 Å². The number of hydrogen-bond donors (Lipinski definition) is 1. The number of nitrogens with one attached hydrogen (secondary N) is 1. The SMILES string of the molecule is COC(=O)[C@]12CC[C@H](CC(=O)N1)C2(C)C. The van der Waals surface area contributed by atoms with Gasteiger partial charge in [-0.05, 0) is 18.8 Å². The van der Waals surface area contributed by atoms with Gasteiger partial charge in [0.1, 0.15) is 5.54 Å². The summed E-state index contributed by atoms with van der Waals surface area (Å²) in [5.74, 6) is -0.0318. The zero-order chi connectivity index (χ0) is 11.3. The molecule has 2 fully saturated rings. The maximum atomic E-state index is 11.9. The topological polar surface area (TPSA) is 55.4 Å². The molecule has 0 aromatic heterocycles. The van der Waals surface area contributed by atoms with Crippen molar-refractivity contribution < 1.29 is 14.3 Å². The van der Waals surface area contributed by atoms with Crippen LogP contribution in [0.5, 0.6) is 0 Å². The van der Waals surface area contributed by atoms with E-state index in [9.17, 15) is 9.59 Å². The van der Waals surface area contributed by atoms with Gasteiger partial charge in [-0.3, -0.25) is 4.79 Å². The van der Waals surface area contributed by atoms with Gasteiger partial charge in [0.05, 0.1) is 7.11 Å². The van der Waals surface area contributed by atoms with Gasteiger partial charge in [0.2, 0.25) is 5.91 Å². The smallest absolute Gasteiger partial charge is 0.332 e. The summed E-state index contributed by atoms with van der Waals surface area (Å²) in [7, 11) is 1.38. The molecular formula is C11H17NO3. The lowest BCUT2D eigenvalue weighted by Gasteiger charge is -2.45. The van der Waals surface area contributed by atoms with Crippen molar-refractivity contribution >= 4 is 11.9 Å². The quantitative estimate of drug-likeness (QED) is 0.654. The van der Waals surface area contributed by atoms with Crippen LogP contribution in [0.1, 0.15) is 33.1 Å². The fourth-order valence-electron chi connectivity index (χ4n) is 3.11. The molecule has 0 aromatic carbocycles. The van der Waals surface area contributed by atoms with Gasteiger partial charge in [-0.15, -0.1) is 0 Å². The van der Waals surface area contributed by atoms with Crippen LogP contribution in [0.3, 0.4) is 0 Å². The van der Waals surface area contributed by atoms with E-state index in [1.807, 2.05) is 13.8 Å². The predicted octanol–water partition coefficient (Wildman–Crippen LogP) is 0.854. The molecule has 2 rings (SSSR count). The van der Waals surface area contributed by atoms with Gasteiger partial charge in [0, 0.05) is 11.8 Å². The summed E-state index contributed by atoms with van der Waals surface area (Å²) in [5, 5.41) is 2.85. The van der Waals surface area contributed by atoms with E-state index in [0.29, 0.717) is 18.8 Å². The molecule has 4 nitrogen and oxygen atoms in total. The van der Waals surface area contributed by atoms with E-state index in [1.165, 1.54) is 7.11 Å². The fourth-order valence-corrected chi connectivity index (χ4v) is 3.11. The van der Waals surface area contributed by atoms with Gasteiger partial charge in [-0.25, -0.2) is 4.79 Å². The Morgan fingerprint density at radius 3 is 2.80 bits per heavy atom. The van der Waals surface area contributed by atoms with Crippen molar-refractivity contribution in [2.75, 3.05) is 7.11 Å². The molecule has 4 heteroatoms. The monoisotopic (exact) mass is 211 g/mol. The van der Waals surface area contributed by atoms with Crippen molar-refractivity contribution in [3.8, 4) is 0 Å². The number of rotatable bonds is 1. The molecular weight excluding hydrogens is 194 g/mol. The van der Waals surface area contributed by atoms with E-state index >= 15 is 0 Å². The molecule has 0 unspecified atom stereocenters. The molecule has 0 spiro atoms. The first-order valence-corrected chi connectivity index (χ1v) is 5.33. The normalized spacial score (nSPS) is 37.3. The Kier molecular flexibility index (Phi) is 2.07. The van der Waals surface area contributed by atoms with Crippen LogP contribution in [-0.2, 0) is 14.3 Å². The Bertz CT molecular complexity index is 324. The van der Waals surface area contributed by atoms with Crippen LogP contribution in [0.2, 0.25) is 0 Å². The Morgan fingerprint density at radius 2 is 2.20 bits per heavy atom. The number of carbonyl (C=O) groups excluding carboxylic acids is 2. The number of ether oxygens (including phenoxy) is 1. The van der Waals surface area contributed by atoms with E-state index in [1.54, 1.807) is 0 Å². The van der Waals surface area contributed by atoms with Crippen LogP contribution in [0, 0.1) is 11.3 Å². The molecule has 1 heterocycles. The summed E-state index contributed by atoms with van der Waals surface area (Å²) in [5.41, 5.74) is -0.990. The Labute approximate surface area is 89.4 Å². The standard InChI is InChI=1S/C11H17NO3/c1-10(2)7-4-5-11(10,9(14)15-3)12-8(13)6-7/h7H,4-6H2,1-3H3,(H,12,13)/t7-,11+/m1/s1. The zero-order valence-electron chi connectivity index (χ0n) is 9.42. The lowest BCUT2D eigenvalue weighted by Crippen LogP contribution is -2.65. The second-order valence-electron chi connectivity index (χ2n) is 5.11. The lowest BCUT2D eigenvalue weighted by atomic mass is 9.67. The predicted molar refractivity (Wildman–Crippen MR) is 54.0 cm³/mol. The van der Waals surface area contributed by atoms with Gasteiger partial charge in [0.25, 0.3) is 0 Å². The molecule has 15 heavy (non-hydrogen) atoms. The van der Waals surface area contributed by atoms with Crippen LogP contribution in [0.15, 0.2) is 0 Å². The second-order valence-corrected chi connectivity index (χ2v) is 5.11. The minimum absolute atomic E-state index is 0.0257. The van der Waals surface area contributed by atoms with Gasteiger partial charge in [0.15, 0.2) is 0 Å². The van der Waals surface area contributed by atoms with Crippen LogP contribution in [-0.4, -0.2) is 24.5 Å². The molecule has 1 aliphatic carbocycles. The van der Waals surface area contributed by atoms with Gasteiger partial charge in [-0.2, -0.15) is 0 Å². The van der Waals surface area contributed by atoms with Crippen LogP contribution in [0.25, 0.3) is 0 Å². The molecule has 84 valence electrons. The maximum Gasteiger partial charge on any atom is 0.332 e. The molecule has 1 N–H and O–H groups in total. The molecule has 1 aliphatic heterocycles. The van der Waals surface area contributed by atoms with Gasteiger partial charge >= 0.3 is 5.97 Å². The third-order valence-corrected chi connectivity index (χ3v) is 4.31. The minimum atomic E-state index is -0.790. The number of hydrogen-bond acceptors (Lipinski definition) is 3. The molecule has 2 aliphatic rings. The van der Waals surface area contributed by atoms with Crippen molar-refractivity contribution in [2.45, 2.75) is 38.6 Å². The summed E-state index contributed by atoms with van der Waals surface area (Å²) in [4.78, 5) is 23.4. The van der Waals surface area contributed by atoms with E-state index in [-0.39, 0.29) is 17.3 Å². The second kappa shape index (κ2) is 2.97. The van der Waals surface area contributed by atoms with E-state index < -0.39 is 5.54 Å². The highest BCUT2D eigenvalue weighted by Gasteiger charge is 2.63. The van der Waals surface area contributed by atoms with Crippen molar-refractivity contribution in [3.63, 3.8) is 0 Å². The lowest BCUT2D eigenvalue weighted by molar-refractivity contribution is -0.159. The first kappa shape index (κ1) is 10.5. The zero-order valence-corrected chi connectivity index (χ0v) is 9.42. The molecule has 0 radical (unpaired) electrons. The number of methoxy groups -OCH3 is 1. The molecule has 2 atom stereocenters. The van der Waals surface area contributed by atoms with Crippen LogP contribution in [0.4, 0.5) is 0 Å². The number of esters is 1. The largest absolute Gasteiger partial charge is 0.467 e.